The number of hydrogen-bond acceptors (Lipinski definition) is 4. The van der Waals surface area contributed by atoms with Crippen LogP contribution in [0.25, 0.3) is 0 Å². The molecule has 0 bridgehead atoms. The van der Waals surface area contributed by atoms with Crippen molar-refractivity contribution in [2.45, 2.75) is 27.7 Å². The van der Waals surface area contributed by atoms with E-state index in [4.69, 9.17) is 20.4 Å². The Morgan fingerprint density at radius 2 is 0.538 bits per heavy atom. The van der Waals surface area contributed by atoms with E-state index in [0.29, 0.717) is 0 Å². The minimum absolute atomic E-state index is 0. The van der Waals surface area contributed by atoms with Crippen molar-refractivity contribution in [2.75, 3.05) is 26.4 Å². The molecule has 0 aromatic carbocycles. The van der Waals surface area contributed by atoms with Crippen LogP contribution in [0.2, 0.25) is 0 Å². The Kier molecular flexibility index (Phi) is 176. The van der Waals surface area contributed by atoms with Gasteiger partial charge >= 0.3 is 0 Å². The first-order chi connectivity index (χ1) is 5.66. The zero-order valence-electron chi connectivity index (χ0n) is 9.12. The maximum absolute atomic E-state index is 7.57. The molecule has 0 atom stereocenters. The van der Waals surface area contributed by atoms with Crippen molar-refractivity contribution >= 4 is 0 Å². The first kappa shape index (κ1) is 29.2. The van der Waals surface area contributed by atoms with E-state index in [0.717, 1.165) is 0 Å². The van der Waals surface area contributed by atoms with Crippen LogP contribution in [0.1, 0.15) is 27.7 Å². The third-order valence-electron chi connectivity index (χ3n) is 0. The molecule has 0 rings (SSSR count). The summed E-state index contributed by atoms with van der Waals surface area (Å²) in [6.45, 7) is 7.72. The second-order valence-electron chi connectivity index (χ2n) is 1.26. The molecule has 0 radical (unpaired) electrons. The third kappa shape index (κ3) is 2800. The maximum Gasteiger partial charge on any atom is 0.0402 e. The maximum atomic E-state index is 7.57. The molecular weight excluding hydrogens is 251 g/mol. The normalized spacial score (nSPS) is 5.54. The van der Waals surface area contributed by atoms with Crippen LogP contribution < -0.4 is 0 Å². The van der Waals surface area contributed by atoms with Crippen molar-refractivity contribution < 1.29 is 46.6 Å². The van der Waals surface area contributed by atoms with Gasteiger partial charge in [-0.15, -0.1) is 0 Å². The molecule has 0 saturated carbocycles. The van der Waals surface area contributed by atoms with E-state index in [1.807, 2.05) is 0 Å². The molecule has 0 aliphatic carbocycles. The quantitative estimate of drug-likeness (QED) is 0.501. The average Bonchev–Trinajstić information content (AvgIpc) is 1.92. The molecule has 0 unspecified atom stereocenters. The Balaban J connectivity index is -0.0000000213. The molecule has 0 heterocycles. The van der Waals surface area contributed by atoms with Crippen molar-refractivity contribution in [3.63, 3.8) is 0 Å². The van der Waals surface area contributed by atoms with E-state index in [1.54, 1.807) is 27.7 Å². The molecule has 0 aromatic rings. The first-order valence-corrected chi connectivity index (χ1v) is 4.09. The van der Waals surface area contributed by atoms with Gasteiger partial charge < -0.3 is 20.4 Å². The van der Waals surface area contributed by atoms with Gasteiger partial charge in [-0.3, -0.25) is 0 Å². The monoisotopic (exact) mass is 274 g/mol. The predicted molar refractivity (Wildman–Crippen MR) is 51.0 cm³/mol. The van der Waals surface area contributed by atoms with Crippen molar-refractivity contribution in [1.29, 1.82) is 0 Å². The van der Waals surface area contributed by atoms with Gasteiger partial charge in [0.2, 0.25) is 0 Å². The number of aliphatic hydroxyl groups is 4. The van der Waals surface area contributed by atoms with Crippen LogP contribution in [0, 0.1) is 0 Å². The zero-order chi connectivity index (χ0) is 10.8. The summed E-state index contributed by atoms with van der Waals surface area (Å²) in [7, 11) is 0. The van der Waals surface area contributed by atoms with Gasteiger partial charge in [0.05, 0.1) is 0 Å². The minimum Gasteiger partial charge on any atom is -0.397 e. The Hall–Kier alpha value is 0.723. The molecule has 0 saturated heterocycles. The van der Waals surface area contributed by atoms with Gasteiger partial charge in [-0.1, -0.05) is 0 Å². The van der Waals surface area contributed by atoms with Gasteiger partial charge in [-0.25, -0.2) is 0 Å². The van der Waals surface area contributed by atoms with Gasteiger partial charge in [0.25, 0.3) is 0 Å². The van der Waals surface area contributed by atoms with E-state index in [1.165, 1.54) is 0 Å². The largest absolute Gasteiger partial charge is 0.397 e. The van der Waals surface area contributed by atoms with Crippen LogP contribution in [0.15, 0.2) is 0 Å². The molecule has 4 nitrogen and oxygen atoms in total. The van der Waals surface area contributed by atoms with Crippen LogP contribution in [0.3, 0.4) is 0 Å². The Morgan fingerprint density at radius 1 is 0.538 bits per heavy atom. The van der Waals surface area contributed by atoms with Gasteiger partial charge in [0.1, 0.15) is 0 Å². The molecular formula is C8H24O4Zr. The van der Waals surface area contributed by atoms with E-state index in [2.05, 4.69) is 0 Å². The van der Waals surface area contributed by atoms with Crippen molar-refractivity contribution in [2.24, 2.45) is 0 Å². The molecule has 0 amide bonds. The SMILES string of the molecule is CCO.CCO.CCO.CCO.[Zr]. The standard InChI is InChI=1S/4C2H6O.Zr/c4*1-2-3;/h4*3H,2H2,1H3;. The summed E-state index contributed by atoms with van der Waals surface area (Å²) in [5.41, 5.74) is 0. The molecule has 0 fully saturated rings. The third-order valence-corrected chi connectivity index (χ3v) is 0. The Bertz CT molecular complexity index is 24.1. The van der Waals surface area contributed by atoms with Crippen molar-refractivity contribution in [1.82, 2.24) is 0 Å². The van der Waals surface area contributed by atoms with Crippen molar-refractivity contribution in [3.05, 3.63) is 0 Å². The predicted octanol–water partition coefficient (Wildman–Crippen LogP) is -0.00810. The molecule has 0 aliphatic heterocycles. The molecule has 0 spiro atoms. The molecule has 0 aromatic heterocycles. The smallest absolute Gasteiger partial charge is 0.0402 e. The van der Waals surface area contributed by atoms with E-state index in [9.17, 15) is 0 Å². The minimum atomic E-state index is 0. The summed E-state index contributed by atoms with van der Waals surface area (Å²) >= 11 is 0. The second-order valence-corrected chi connectivity index (χ2v) is 1.26. The summed E-state index contributed by atoms with van der Waals surface area (Å²) in [6.07, 6.45) is 0. The Morgan fingerprint density at radius 3 is 0.538 bits per heavy atom. The topological polar surface area (TPSA) is 80.9 Å². The van der Waals surface area contributed by atoms with Crippen molar-refractivity contribution in [3.8, 4) is 0 Å². The van der Waals surface area contributed by atoms with E-state index >= 15 is 0 Å². The molecule has 13 heavy (non-hydrogen) atoms. The molecule has 4 N–H and O–H groups in total. The van der Waals surface area contributed by atoms with Gasteiger partial charge in [0, 0.05) is 52.6 Å². The fourth-order valence-corrected chi connectivity index (χ4v) is 0. The average molecular weight is 276 g/mol. The summed E-state index contributed by atoms with van der Waals surface area (Å²) in [5, 5.41) is 30.3. The summed E-state index contributed by atoms with van der Waals surface area (Å²) in [4.78, 5) is 0. The summed E-state index contributed by atoms with van der Waals surface area (Å²) < 4.78 is 0. The number of aliphatic hydroxyl groups excluding tert-OH is 4. The van der Waals surface area contributed by atoms with Crippen LogP contribution in [0.4, 0.5) is 0 Å². The Labute approximate surface area is 101 Å². The van der Waals surface area contributed by atoms with Crippen LogP contribution >= 0.6 is 0 Å². The first-order valence-electron chi connectivity index (χ1n) is 4.09. The van der Waals surface area contributed by atoms with Gasteiger partial charge in [0.15, 0.2) is 0 Å². The molecule has 5 heteroatoms. The van der Waals surface area contributed by atoms with Crippen LogP contribution in [0.5, 0.6) is 0 Å². The number of rotatable bonds is 0. The van der Waals surface area contributed by atoms with Crippen LogP contribution in [-0.2, 0) is 26.2 Å². The second kappa shape index (κ2) is 78.4. The fraction of sp³-hybridized carbons (Fsp3) is 1.00. The molecule has 0 aliphatic rings. The number of hydrogen-bond donors (Lipinski definition) is 4. The summed E-state index contributed by atoms with van der Waals surface area (Å²) in [5.74, 6) is 0. The van der Waals surface area contributed by atoms with Gasteiger partial charge in [-0.05, 0) is 27.7 Å². The van der Waals surface area contributed by atoms with Gasteiger partial charge in [-0.2, -0.15) is 0 Å². The van der Waals surface area contributed by atoms with E-state index < -0.39 is 0 Å². The molecule has 84 valence electrons. The summed E-state index contributed by atoms with van der Waals surface area (Å²) in [6, 6.07) is 0. The fourth-order valence-electron chi connectivity index (χ4n) is 0. The van der Waals surface area contributed by atoms with E-state index in [-0.39, 0.29) is 52.6 Å². The zero-order valence-corrected chi connectivity index (χ0v) is 11.6. The van der Waals surface area contributed by atoms with Crippen LogP contribution in [-0.4, -0.2) is 46.9 Å².